The maximum atomic E-state index is 12.8. The number of hydrogen-bond donors (Lipinski definition) is 0. The summed E-state index contributed by atoms with van der Waals surface area (Å²) in [7, 11) is 0. The molecule has 0 aliphatic heterocycles. The minimum atomic E-state index is -0.778. The van der Waals surface area contributed by atoms with Crippen molar-refractivity contribution in [3.05, 3.63) is 36.5 Å². The molecule has 0 fully saturated rings. The summed E-state index contributed by atoms with van der Waals surface area (Å²) in [4.78, 5) is 38.1. The molecule has 0 radical (unpaired) electrons. The van der Waals surface area contributed by atoms with Gasteiger partial charge in [-0.15, -0.1) is 0 Å². The zero-order chi connectivity index (χ0) is 46.5. The third kappa shape index (κ3) is 50.6. The van der Waals surface area contributed by atoms with Crippen molar-refractivity contribution in [2.75, 3.05) is 13.2 Å². The van der Waals surface area contributed by atoms with E-state index in [2.05, 4.69) is 57.2 Å². The SMILES string of the molecule is CCCCC/C=C\C/C=C\CCCCCCCC(=O)OC(COC(=O)CCCCCCCCC/C=C\CCCCCCCC)COC(=O)CCCCCCCCCCCCCCCC. The summed E-state index contributed by atoms with van der Waals surface area (Å²) >= 11 is 0. The van der Waals surface area contributed by atoms with E-state index in [1.165, 1.54) is 173 Å². The monoisotopic (exact) mass is 899 g/mol. The van der Waals surface area contributed by atoms with E-state index in [0.717, 1.165) is 83.5 Å². The van der Waals surface area contributed by atoms with Crippen LogP contribution in [0.5, 0.6) is 0 Å². The molecule has 0 aliphatic rings. The first kappa shape index (κ1) is 61.6. The van der Waals surface area contributed by atoms with Crippen LogP contribution >= 0.6 is 0 Å². The summed E-state index contributed by atoms with van der Waals surface area (Å²) < 4.78 is 16.8. The summed E-state index contributed by atoms with van der Waals surface area (Å²) in [5.74, 6) is -0.879. The Balaban J connectivity index is 4.37. The predicted molar refractivity (Wildman–Crippen MR) is 275 cm³/mol. The van der Waals surface area contributed by atoms with Crippen LogP contribution < -0.4 is 0 Å². The molecule has 0 heterocycles. The first-order chi connectivity index (χ1) is 31.5. The highest BCUT2D eigenvalue weighted by molar-refractivity contribution is 5.71. The van der Waals surface area contributed by atoms with Crippen LogP contribution in [-0.2, 0) is 28.6 Å². The summed E-state index contributed by atoms with van der Waals surface area (Å²) in [6, 6.07) is 0. The topological polar surface area (TPSA) is 78.9 Å². The van der Waals surface area contributed by atoms with Gasteiger partial charge in [0.25, 0.3) is 0 Å². The summed E-state index contributed by atoms with van der Waals surface area (Å²) in [6.45, 7) is 6.63. The van der Waals surface area contributed by atoms with Crippen LogP contribution in [0, 0.1) is 0 Å². The van der Waals surface area contributed by atoms with Crippen LogP contribution in [0.1, 0.15) is 297 Å². The smallest absolute Gasteiger partial charge is 0.306 e. The lowest BCUT2D eigenvalue weighted by Crippen LogP contribution is -2.30. The molecule has 0 spiro atoms. The highest BCUT2D eigenvalue weighted by Gasteiger charge is 2.19. The van der Waals surface area contributed by atoms with Gasteiger partial charge in [-0.25, -0.2) is 0 Å². The Morgan fingerprint density at radius 2 is 0.562 bits per heavy atom. The van der Waals surface area contributed by atoms with E-state index in [1.807, 2.05) is 0 Å². The minimum Gasteiger partial charge on any atom is -0.462 e. The molecule has 0 aromatic carbocycles. The lowest BCUT2D eigenvalue weighted by atomic mass is 10.0. The Kier molecular flexibility index (Phi) is 51.3. The Hall–Kier alpha value is -2.37. The lowest BCUT2D eigenvalue weighted by molar-refractivity contribution is -0.167. The summed E-state index contributed by atoms with van der Waals surface area (Å²) in [5, 5.41) is 0. The van der Waals surface area contributed by atoms with Crippen LogP contribution in [-0.4, -0.2) is 37.2 Å². The molecular weight excluding hydrogens is 793 g/mol. The number of unbranched alkanes of at least 4 members (excludes halogenated alkanes) is 34. The van der Waals surface area contributed by atoms with Gasteiger partial charge in [-0.3, -0.25) is 14.4 Å². The Bertz CT molecular complexity index is 1080. The normalized spacial score (nSPS) is 12.2. The summed E-state index contributed by atoms with van der Waals surface area (Å²) in [6.07, 6.45) is 62.7. The van der Waals surface area contributed by atoms with E-state index < -0.39 is 6.10 Å². The fourth-order valence-electron chi connectivity index (χ4n) is 8.12. The molecular formula is C58H106O6. The van der Waals surface area contributed by atoms with Gasteiger partial charge in [-0.1, -0.05) is 237 Å². The minimum absolute atomic E-state index is 0.0759. The predicted octanol–water partition coefficient (Wildman–Crippen LogP) is 18.5. The number of carbonyl (C=O) groups excluding carboxylic acids is 3. The molecule has 0 saturated carbocycles. The van der Waals surface area contributed by atoms with Gasteiger partial charge < -0.3 is 14.2 Å². The lowest BCUT2D eigenvalue weighted by Gasteiger charge is -2.18. The molecule has 64 heavy (non-hydrogen) atoms. The number of rotatable bonds is 51. The molecule has 0 amide bonds. The highest BCUT2D eigenvalue weighted by atomic mass is 16.6. The Morgan fingerprint density at radius 1 is 0.312 bits per heavy atom. The van der Waals surface area contributed by atoms with Crippen LogP contribution in [0.25, 0.3) is 0 Å². The third-order valence-electron chi connectivity index (χ3n) is 12.4. The maximum absolute atomic E-state index is 12.8. The third-order valence-corrected chi connectivity index (χ3v) is 12.4. The molecule has 0 aliphatic carbocycles. The number of esters is 3. The molecule has 6 heteroatoms. The molecule has 0 bridgehead atoms. The Morgan fingerprint density at radius 3 is 0.906 bits per heavy atom. The molecule has 0 N–H and O–H groups in total. The van der Waals surface area contributed by atoms with E-state index in [9.17, 15) is 14.4 Å². The van der Waals surface area contributed by atoms with Crippen molar-refractivity contribution in [2.24, 2.45) is 0 Å². The zero-order valence-electron chi connectivity index (χ0n) is 42.8. The molecule has 0 rings (SSSR count). The van der Waals surface area contributed by atoms with Crippen molar-refractivity contribution < 1.29 is 28.6 Å². The second kappa shape index (κ2) is 53.2. The van der Waals surface area contributed by atoms with E-state index in [4.69, 9.17) is 14.2 Å². The zero-order valence-corrected chi connectivity index (χ0v) is 42.8. The van der Waals surface area contributed by atoms with Crippen LogP contribution in [0.3, 0.4) is 0 Å². The van der Waals surface area contributed by atoms with Crippen LogP contribution in [0.2, 0.25) is 0 Å². The summed E-state index contributed by atoms with van der Waals surface area (Å²) in [5.41, 5.74) is 0. The molecule has 374 valence electrons. The van der Waals surface area contributed by atoms with Gasteiger partial charge in [0.1, 0.15) is 13.2 Å². The van der Waals surface area contributed by atoms with E-state index >= 15 is 0 Å². The van der Waals surface area contributed by atoms with Crippen molar-refractivity contribution >= 4 is 17.9 Å². The Labute approximate surface area is 397 Å². The number of allylic oxidation sites excluding steroid dienone is 6. The average Bonchev–Trinajstić information content (AvgIpc) is 3.29. The second-order valence-corrected chi connectivity index (χ2v) is 18.8. The van der Waals surface area contributed by atoms with E-state index in [-0.39, 0.29) is 31.1 Å². The van der Waals surface area contributed by atoms with Gasteiger partial charge in [0.2, 0.25) is 0 Å². The second-order valence-electron chi connectivity index (χ2n) is 18.8. The number of hydrogen-bond acceptors (Lipinski definition) is 6. The number of ether oxygens (including phenoxy) is 3. The van der Waals surface area contributed by atoms with Gasteiger partial charge in [0.05, 0.1) is 0 Å². The van der Waals surface area contributed by atoms with Crippen LogP contribution in [0.4, 0.5) is 0 Å². The standard InChI is InChI=1S/C58H106O6/c1-4-7-10-13-16-19-22-25-28-29-31-33-36-39-42-45-48-51-57(60)63-54-55(53-62-56(59)50-47-44-41-38-35-32-27-24-21-18-15-12-9-6-3)64-58(61)52-49-46-43-40-37-34-30-26-23-20-17-14-11-8-5-2/h17,20,25-26,28,30,55H,4-16,18-19,21-24,27,29,31-54H2,1-3H3/b20-17-,28-25-,30-26-. The van der Waals surface area contributed by atoms with Gasteiger partial charge in [-0.2, -0.15) is 0 Å². The van der Waals surface area contributed by atoms with Crippen molar-refractivity contribution in [1.29, 1.82) is 0 Å². The van der Waals surface area contributed by atoms with Crippen LogP contribution in [0.15, 0.2) is 36.5 Å². The number of carbonyl (C=O) groups is 3. The van der Waals surface area contributed by atoms with Crippen molar-refractivity contribution in [1.82, 2.24) is 0 Å². The molecule has 6 nitrogen and oxygen atoms in total. The van der Waals surface area contributed by atoms with E-state index in [0.29, 0.717) is 19.3 Å². The largest absolute Gasteiger partial charge is 0.462 e. The average molecular weight is 899 g/mol. The van der Waals surface area contributed by atoms with Gasteiger partial charge >= 0.3 is 17.9 Å². The van der Waals surface area contributed by atoms with Gasteiger partial charge in [-0.05, 0) is 77.0 Å². The van der Waals surface area contributed by atoms with E-state index in [1.54, 1.807) is 0 Å². The molecule has 1 atom stereocenters. The van der Waals surface area contributed by atoms with Gasteiger partial charge in [0.15, 0.2) is 6.10 Å². The van der Waals surface area contributed by atoms with Crippen molar-refractivity contribution in [2.45, 2.75) is 303 Å². The van der Waals surface area contributed by atoms with Crippen molar-refractivity contribution in [3.63, 3.8) is 0 Å². The highest BCUT2D eigenvalue weighted by Crippen LogP contribution is 2.16. The fraction of sp³-hybridized carbons (Fsp3) is 0.845. The molecule has 0 saturated heterocycles. The first-order valence-electron chi connectivity index (χ1n) is 28.0. The maximum Gasteiger partial charge on any atom is 0.306 e. The van der Waals surface area contributed by atoms with Gasteiger partial charge in [0, 0.05) is 19.3 Å². The fourth-order valence-corrected chi connectivity index (χ4v) is 8.12. The molecule has 0 aromatic rings. The quantitative estimate of drug-likeness (QED) is 0.0262. The molecule has 1 unspecified atom stereocenters. The van der Waals surface area contributed by atoms with Crippen molar-refractivity contribution in [3.8, 4) is 0 Å². The molecule has 0 aromatic heterocycles. The first-order valence-corrected chi connectivity index (χ1v) is 28.0.